The maximum atomic E-state index is 5.02. The fourth-order valence-electron chi connectivity index (χ4n) is 1.62. The smallest absolute Gasteiger partial charge is 0.0465 e. The molecule has 0 N–H and O–H groups in total. The van der Waals surface area contributed by atoms with Crippen molar-refractivity contribution in [1.29, 1.82) is 0 Å². The third-order valence-corrected chi connectivity index (χ3v) is 2.99. The molecule has 0 unspecified atom stereocenters. The van der Waals surface area contributed by atoms with Crippen LogP contribution < -0.4 is 0 Å². The zero-order valence-electron chi connectivity index (χ0n) is 6.55. The van der Waals surface area contributed by atoms with Crippen LogP contribution in [0.3, 0.4) is 0 Å². The molecule has 0 radical (unpaired) electrons. The predicted molar refractivity (Wildman–Crippen MR) is 46.6 cm³/mol. The Morgan fingerprint density at radius 2 is 2.30 bits per heavy atom. The van der Waals surface area contributed by atoms with Crippen LogP contribution in [-0.2, 0) is 4.74 Å². The molecule has 10 heavy (non-hydrogen) atoms. The Kier molecular flexibility index (Phi) is 3.57. The van der Waals surface area contributed by atoms with E-state index in [2.05, 4.69) is 12.6 Å². The molecule has 1 rings (SSSR count). The number of rotatable bonds is 3. The fraction of sp³-hybridized carbons (Fsp3) is 1.00. The van der Waals surface area contributed by atoms with E-state index in [4.69, 9.17) is 4.74 Å². The molecule has 0 aromatic carbocycles. The van der Waals surface area contributed by atoms with Gasteiger partial charge in [0.25, 0.3) is 0 Å². The minimum Gasteiger partial charge on any atom is -0.385 e. The van der Waals surface area contributed by atoms with Gasteiger partial charge in [-0.15, -0.1) is 0 Å². The summed E-state index contributed by atoms with van der Waals surface area (Å²) in [5.74, 6) is 0.822. The first kappa shape index (κ1) is 8.41. The van der Waals surface area contributed by atoms with Gasteiger partial charge in [-0.25, -0.2) is 0 Å². The van der Waals surface area contributed by atoms with Crippen LogP contribution in [-0.4, -0.2) is 19.0 Å². The molecule has 0 aromatic rings. The van der Waals surface area contributed by atoms with Gasteiger partial charge in [0.2, 0.25) is 0 Å². The second-order valence-electron chi connectivity index (χ2n) is 3.04. The van der Waals surface area contributed by atoms with E-state index >= 15 is 0 Å². The van der Waals surface area contributed by atoms with Crippen LogP contribution in [0.4, 0.5) is 0 Å². The number of ether oxygens (including phenoxy) is 1. The number of hydrogen-bond acceptors (Lipinski definition) is 2. The molecule has 0 aromatic heterocycles. The van der Waals surface area contributed by atoms with Crippen LogP contribution in [0.1, 0.15) is 25.7 Å². The second kappa shape index (κ2) is 4.24. The highest BCUT2D eigenvalue weighted by Crippen LogP contribution is 2.31. The van der Waals surface area contributed by atoms with E-state index in [1.807, 2.05) is 0 Å². The van der Waals surface area contributed by atoms with Crippen molar-refractivity contribution in [3.63, 3.8) is 0 Å². The summed E-state index contributed by atoms with van der Waals surface area (Å²) in [6.07, 6.45) is 5.22. The first-order chi connectivity index (χ1) is 4.84. The van der Waals surface area contributed by atoms with Crippen LogP contribution in [0.25, 0.3) is 0 Å². The minimum absolute atomic E-state index is 0.648. The van der Waals surface area contributed by atoms with Gasteiger partial charge in [-0.05, 0) is 25.2 Å². The van der Waals surface area contributed by atoms with Gasteiger partial charge < -0.3 is 4.74 Å². The van der Waals surface area contributed by atoms with E-state index in [0.29, 0.717) is 5.25 Å². The lowest BCUT2D eigenvalue weighted by molar-refractivity contribution is 0.179. The standard InChI is InChI=1S/C8H16OS/c1-9-6-5-7-3-2-4-8(7)10/h7-8,10H,2-6H2,1H3/t7-,8-/m1/s1. The Morgan fingerprint density at radius 3 is 2.80 bits per heavy atom. The first-order valence-corrected chi connectivity index (χ1v) is 4.53. The van der Waals surface area contributed by atoms with Gasteiger partial charge in [0.1, 0.15) is 0 Å². The van der Waals surface area contributed by atoms with Gasteiger partial charge in [0.15, 0.2) is 0 Å². The van der Waals surface area contributed by atoms with Crippen molar-refractivity contribution in [2.45, 2.75) is 30.9 Å². The molecule has 0 amide bonds. The number of hydrogen-bond donors (Lipinski definition) is 1. The van der Waals surface area contributed by atoms with E-state index < -0.39 is 0 Å². The van der Waals surface area contributed by atoms with E-state index in [9.17, 15) is 0 Å². The van der Waals surface area contributed by atoms with Crippen LogP contribution in [0.2, 0.25) is 0 Å². The molecular weight excluding hydrogens is 144 g/mol. The van der Waals surface area contributed by atoms with Crippen molar-refractivity contribution in [2.24, 2.45) is 5.92 Å². The van der Waals surface area contributed by atoms with Crippen molar-refractivity contribution in [1.82, 2.24) is 0 Å². The molecule has 1 aliphatic carbocycles. The monoisotopic (exact) mass is 160 g/mol. The number of thiol groups is 1. The van der Waals surface area contributed by atoms with Gasteiger partial charge in [0, 0.05) is 19.0 Å². The molecule has 0 heterocycles. The largest absolute Gasteiger partial charge is 0.385 e. The van der Waals surface area contributed by atoms with E-state index in [-0.39, 0.29) is 0 Å². The summed E-state index contributed by atoms with van der Waals surface area (Å²) in [5.41, 5.74) is 0. The second-order valence-corrected chi connectivity index (χ2v) is 3.70. The molecule has 2 heteroatoms. The van der Waals surface area contributed by atoms with E-state index in [1.54, 1.807) is 7.11 Å². The molecule has 1 saturated carbocycles. The highest BCUT2D eigenvalue weighted by molar-refractivity contribution is 7.81. The summed E-state index contributed by atoms with van der Waals surface area (Å²) in [6, 6.07) is 0. The summed E-state index contributed by atoms with van der Waals surface area (Å²) < 4.78 is 5.02. The van der Waals surface area contributed by atoms with Crippen LogP contribution in [0.15, 0.2) is 0 Å². The quantitative estimate of drug-likeness (QED) is 0.622. The van der Waals surface area contributed by atoms with Gasteiger partial charge in [-0.1, -0.05) is 6.42 Å². The third kappa shape index (κ3) is 2.17. The SMILES string of the molecule is COCC[C@H]1CCC[C@H]1S. The summed E-state index contributed by atoms with van der Waals surface area (Å²) in [4.78, 5) is 0. The fourth-order valence-corrected chi connectivity index (χ4v) is 2.10. The van der Waals surface area contributed by atoms with Crippen molar-refractivity contribution in [2.75, 3.05) is 13.7 Å². The highest BCUT2D eigenvalue weighted by atomic mass is 32.1. The van der Waals surface area contributed by atoms with Gasteiger partial charge in [0.05, 0.1) is 0 Å². The maximum absolute atomic E-state index is 5.02. The zero-order chi connectivity index (χ0) is 7.40. The normalized spacial score (nSPS) is 33.0. The molecule has 1 aliphatic rings. The van der Waals surface area contributed by atoms with Crippen molar-refractivity contribution >= 4 is 12.6 Å². The van der Waals surface area contributed by atoms with E-state index in [1.165, 1.54) is 25.7 Å². The Balaban J connectivity index is 2.14. The minimum atomic E-state index is 0.648. The van der Waals surface area contributed by atoms with Gasteiger partial charge in [-0.3, -0.25) is 0 Å². The molecule has 0 saturated heterocycles. The lowest BCUT2D eigenvalue weighted by Gasteiger charge is -2.12. The Labute approximate surface area is 68.6 Å². The Bertz CT molecular complexity index is 95.3. The topological polar surface area (TPSA) is 9.23 Å². The lowest BCUT2D eigenvalue weighted by Crippen LogP contribution is -2.09. The van der Waals surface area contributed by atoms with Crippen LogP contribution >= 0.6 is 12.6 Å². The van der Waals surface area contributed by atoms with Crippen LogP contribution in [0, 0.1) is 5.92 Å². The molecule has 60 valence electrons. The molecular formula is C8H16OS. The summed E-state index contributed by atoms with van der Waals surface area (Å²) in [5, 5.41) is 0.648. The average Bonchev–Trinajstić information content (AvgIpc) is 2.31. The molecule has 0 aliphatic heterocycles. The zero-order valence-corrected chi connectivity index (χ0v) is 7.44. The van der Waals surface area contributed by atoms with Crippen LogP contribution in [0.5, 0.6) is 0 Å². The molecule has 0 spiro atoms. The third-order valence-electron chi connectivity index (χ3n) is 2.31. The van der Waals surface area contributed by atoms with Crippen molar-refractivity contribution in [3.8, 4) is 0 Å². The Morgan fingerprint density at radius 1 is 1.50 bits per heavy atom. The first-order valence-electron chi connectivity index (χ1n) is 4.01. The summed E-state index contributed by atoms with van der Waals surface area (Å²) in [6.45, 7) is 0.904. The van der Waals surface area contributed by atoms with Gasteiger partial charge >= 0.3 is 0 Å². The molecule has 2 atom stereocenters. The van der Waals surface area contributed by atoms with Crippen molar-refractivity contribution < 1.29 is 4.74 Å². The molecule has 1 fully saturated rings. The molecule has 1 nitrogen and oxygen atoms in total. The average molecular weight is 160 g/mol. The maximum Gasteiger partial charge on any atom is 0.0465 e. The summed E-state index contributed by atoms with van der Waals surface area (Å²) in [7, 11) is 1.77. The highest BCUT2D eigenvalue weighted by Gasteiger charge is 2.23. The van der Waals surface area contributed by atoms with E-state index in [0.717, 1.165) is 12.5 Å². The predicted octanol–water partition coefficient (Wildman–Crippen LogP) is 2.12. The molecule has 0 bridgehead atoms. The van der Waals surface area contributed by atoms with Gasteiger partial charge in [-0.2, -0.15) is 12.6 Å². The Hall–Kier alpha value is 0.310. The lowest BCUT2D eigenvalue weighted by atomic mass is 10.0. The number of methoxy groups -OCH3 is 1. The van der Waals surface area contributed by atoms with Crippen molar-refractivity contribution in [3.05, 3.63) is 0 Å². The summed E-state index contributed by atoms with van der Waals surface area (Å²) >= 11 is 4.50.